The molecular formula is C23H35N3O3. The maximum atomic E-state index is 13.6. The van der Waals surface area contributed by atoms with Crippen LogP contribution in [0.15, 0.2) is 0 Å². The Morgan fingerprint density at radius 2 is 1.62 bits per heavy atom. The smallest absolute Gasteiger partial charge is 0.239 e. The first-order valence-electron chi connectivity index (χ1n) is 11.9. The van der Waals surface area contributed by atoms with Gasteiger partial charge in [0.2, 0.25) is 11.8 Å². The number of nitrogens with one attached hydrogen (secondary N) is 1. The number of carbonyl (C=O) groups is 2. The van der Waals surface area contributed by atoms with Crippen molar-refractivity contribution in [2.45, 2.75) is 63.0 Å². The number of amides is 2. The molecule has 1 spiro atoms. The van der Waals surface area contributed by atoms with E-state index in [1.807, 2.05) is 0 Å². The largest absolute Gasteiger partial charge is 0.368 e. The van der Waals surface area contributed by atoms with Gasteiger partial charge in [0, 0.05) is 20.1 Å². The van der Waals surface area contributed by atoms with Crippen molar-refractivity contribution in [2.24, 2.45) is 29.1 Å². The van der Waals surface area contributed by atoms with Crippen LogP contribution < -0.4 is 5.32 Å². The van der Waals surface area contributed by atoms with E-state index in [-0.39, 0.29) is 23.0 Å². The van der Waals surface area contributed by atoms with Crippen LogP contribution in [0.3, 0.4) is 0 Å². The van der Waals surface area contributed by atoms with Crippen LogP contribution in [0.1, 0.15) is 51.4 Å². The summed E-state index contributed by atoms with van der Waals surface area (Å²) in [6, 6.07) is -0.181. The summed E-state index contributed by atoms with van der Waals surface area (Å²) in [5.74, 6) is 3.62. The lowest BCUT2D eigenvalue weighted by Crippen LogP contribution is -2.75. The van der Waals surface area contributed by atoms with Gasteiger partial charge in [0.05, 0.1) is 25.1 Å². The number of hydrogen-bond acceptors (Lipinski definition) is 4. The molecule has 7 rings (SSSR count). The second-order valence-corrected chi connectivity index (χ2v) is 11.4. The summed E-state index contributed by atoms with van der Waals surface area (Å²) in [4.78, 5) is 30.4. The van der Waals surface area contributed by atoms with Gasteiger partial charge in [0.15, 0.2) is 0 Å². The number of ether oxygens (including phenoxy) is 1. The Morgan fingerprint density at radius 1 is 1.00 bits per heavy atom. The van der Waals surface area contributed by atoms with Gasteiger partial charge in [0.25, 0.3) is 0 Å². The zero-order valence-electron chi connectivity index (χ0n) is 17.7. The van der Waals surface area contributed by atoms with Gasteiger partial charge >= 0.3 is 0 Å². The third kappa shape index (κ3) is 3.04. The lowest BCUT2D eigenvalue weighted by atomic mass is 9.49. The molecule has 4 bridgehead atoms. The Hall–Kier alpha value is -1.14. The topological polar surface area (TPSA) is 61.9 Å². The van der Waals surface area contributed by atoms with Gasteiger partial charge in [-0.25, -0.2) is 0 Å². The zero-order valence-corrected chi connectivity index (χ0v) is 17.7. The summed E-state index contributed by atoms with van der Waals surface area (Å²) < 4.78 is 6.27. The van der Waals surface area contributed by atoms with Crippen molar-refractivity contribution >= 4 is 11.8 Å². The number of likely N-dealkylation sites (tertiary alicyclic amines) is 1. The number of carbonyl (C=O) groups excluding carboxylic acids is 2. The average molecular weight is 402 g/mol. The molecule has 2 amide bonds. The highest BCUT2D eigenvalue weighted by atomic mass is 16.5. The van der Waals surface area contributed by atoms with Crippen LogP contribution in [0.4, 0.5) is 0 Å². The lowest BCUT2D eigenvalue weighted by Gasteiger charge is -2.60. The standard InChI is InChI=1S/C23H35N3O3/c1-24-20(27)19-11-29-23(12-25(19)10-15-2-3-15)13-26(14-23)21(28)22-7-16-4-17(8-22)6-18(5-16)9-22/h15-19H,2-14H2,1H3,(H,24,27)/t16?,17?,18?,19-,22?/m0/s1. The monoisotopic (exact) mass is 401 g/mol. The Labute approximate surface area is 173 Å². The Balaban J connectivity index is 1.13. The highest BCUT2D eigenvalue weighted by Gasteiger charge is 2.59. The molecule has 0 unspecified atom stereocenters. The van der Waals surface area contributed by atoms with Crippen molar-refractivity contribution in [3.05, 3.63) is 0 Å². The maximum Gasteiger partial charge on any atom is 0.239 e. The van der Waals surface area contributed by atoms with Gasteiger partial charge in [-0.15, -0.1) is 0 Å². The van der Waals surface area contributed by atoms with Crippen LogP contribution in [-0.2, 0) is 14.3 Å². The molecule has 0 radical (unpaired) electrons. The third-order valence-corrected chi connectivity index (χ3v) is 8.96. The summed E-state index contributed by atoms with van der Waals surface area (Å²) >= 11 is 0. The number of nitrogens with zero attached hydrogens (tertiary/aromatic N) is 2. The second-order valence-electron chi connectivity index (χ2n) is 11.4. The molecule has 2 saturated heterocycles. The summed E-state index contributed by atoms with van der Waals surface area (Å²) in [6.45, 7) is 3.66. The summed E-state index contributed by atoms with van der Waals surface area (Å²) in [5.41, 5.74) is -0.305. The van der Waals surface area contributed by atoms with Crippen molar-refractivity contribution in [1.29, 1.82) is 0 Å². The zero-order chi connectivity index (χ0) is 19.8. The van der Waals surface area contributed by atoms with E-state index >= 15 is 0 Å². The van der Waals surface area contributed by atoms with Gasteiger partial charge in [-0.2, -0.15) is 0 Å². The fourth-order valence-corrected chi connectivity index (χ4v) is 7.81. The van der Waals surface area contributed by atoms with Gasteiger partial charge in [-0.3, -0.25) is 14.5 Å². The average Bonchev–Trinajstić information content (AvgIpc) is 3.48. The van der Waals surface area contributed by atoms with Crippen LogP contribution in [0, 0.1) is 29.1 Å². The molecule has 29 heavy (non-hydrogen) atoms. The molecule has 5 aliphatic carbocycles. The van der Waals surface area contributed by atoms with E-state index < -0.39 is 0 Å². The van der Waals surface area contributed by atoms with Gasteiger partial charge in [0.1, 0.15) is 11.6 Å². The highest BCUT2D eigenvalue weighted by Crippen LogP contribution is 2.61. The van der Waals surface area contributed by atoms with Crippen molar-refractivity contribution in [3.8, 4) is 0 Å². The second kappa shape index (κ2) is 6.43. The molecule has 2 aliphatic heterocycles. The van der Waals surface area contributed by atoms with Crippen LogP contribution >= 0.6 is 0 Å². The molecule has 6 nitrogen and oxygen atoms in total. The Kier molecular flexibility index (Phi) is 4.13. The molecule has 7 aliphatic rings. The van der Waals surface area contributed by atoms with Gasteiger partial charge in [-0.1, -0.05) is 0 Å². The van der Waals surface area contributed by atoms with Crippen molar-refractivity contribution in [2.75, 3.05) is 39.8 Å². The van der Waals surface area contributed by atoms with Gasteiger partial charge in [-0.05, 0) is 75.0 Å². The molecule has 0 aromatic heterocycles. The minimum Gasteiger partial charge on any atom is -0.368 e. The van der Waals surface area contributed by atoms with E-state index in [1.54, 1.807) is 7.05 Å². The van der Waals surface area contributed by atoms with E-state index in [1.165, 1.54) is 32.1 Å². The lowest BCUT2D eigenvalue weighted by molar-refractivity contribution is -0.213. The van der Waals surface area contributed by atoms with Crippen LogP contribution in [0.25, 0.3) is 0 Å². The number of hydrogen-bond donors (Lipinski definition) is 1. The molecule has 1 N–H and O–H groups in total. The fourth-order valence-electron chi connectivity index (χ4n) is 7.81. The SMILES string of the molecule is CNC(=O)[C@@H]1COC2(CN(C(=O)C34CC5CC(CC(C5)C3)C4)C2)CN1CC1CC1. The minimum absolute atomic E-state index is 0.0522. The third-order valence-electron chi connectivity index (χ3n) is 8.96. The first kappa shape index (κ1) is 18.6. The molecular weight excluding hydrogens is 366 g/mol. The molecule has 6 heteroatoms. The first-order chi connectivity index (χ1) is 14.0. The quantitative estimate of drug-likeness (QED) is 0.778. The maximum absolute atomic E-state index is 13.6. The molecule has 0 aromatic rings. The van der Waals surface area contributed by atoms with E-state index in [0.717, 1.165) is 69.1 Å². The van der Waals surface area contributed by atoms with Crippen LogP contribution in [-0.4, -0.2) is 73.1 Å². The van der Waals surface area contributed by atoms with Crippen molar-refractivity contribution in [1.82, 2.24) is 15.1 Å². The summed E-state index contributed by atoms with van der Waals surface area (Å²) in [6.07, 6.45) is 10.1. The van der Waals surface area contributed by atoms with E-state index in [4.69, 9.17) is 4.74 Å². The molecule has 2 heterocycles. The van der Waals surface area contributed by atoms with Gasteiger partial charge < -0.3 is 15.0 Å². The first-order valence-corrected chi connectivity index (χ1v) is 11.9. The Morgan fingerprint density at radius 3 is 2.17 bits per heavy atom. The van der Waals surface area contributed by atoms with E-state index in [2.05, 4.69) is 15.1 Å². The Bertz CT molecular complexity index is 677. The predicted molar refractivity (Wildman–Crippen MR) is 108 cm³/mol. The normalized spacial score (nSPS) is 42.7. The van der Waals surface area contributed by atoms with E-state index in [9.17, 15) is 9.59 Å². The van der Waals surface area contributed by atoms with Crippen molar-refractivity contribution < 1.29 is 14.3 Å². The highest BCUT2D eigenvalue weighted by molar-refractivity contribution is 5.84. The minimum atomic E-state index is -0.253. The fraction of sp³-hybridized carbons (Fsp3) is 0.913. The van der Waals surface area contributed by atoms with E-state index in [0.29, 0.717) is 12.5 Å². The summed E-state index contributed by atoms with van der Waals surface area (Å²) in [5, 5.41) is 2.80. The molecule has 1 atom stereocenters. The predicted octanol–water partition coefficient (Wildman–Crippen LogP) is 1.64. The number of likely N-dealkylation sites (N-methyl/N-ethyl adjacent to an activating group) is 1. The molecule has 160 valence electrons. The number of rotatable bonds is 4. The van der Waals surface area contributed by atoms with Crippen molar-refractivity contribution in [3.63, 3.8) is 0 Å². The van der Waals surface area contributed by atoms with Crippen LogP contribution in [0.5, 0.6) is 0 Å². The van der Waals surface area contributed by atoms with Crippen LogP contribution in [0.2, 0.25) is 0 Å². The number of morpholine rings is 1. The molecule has 0 aromatic carbocycles. The molecule has 5 saturated carbocycles. The molecule has 7 fully saturated rings. The summed E-state index contributed by atoms with van der Waals surface area (Å²) in [7, 11) is 1.71.